The number of nitrogens with two attached hydrogens (primary N) is 1. The zero-order chi connectivity index (χ0) is 15.2. The van der Waals surface area contributed by atoms with Crippen LogP contribution in [0.15, 0.2) is 6.33 Å². The van der Waals surface area contributed by atoms with Crippen LogP contribution in [0.1, 0.15) is 26.6 Å². The van der Waals surface area contributed by atoms with Gasteiger partial charge in [0.2, 0.25) is 11.9 Å². The van der Waals surface area contributed by atoms with Crippen molar-refractivity contribution in [1.82, 2.24) is 29.7 Å². The van der Waals surface area contributed by atoms with Crippen molar-refractivity contribution in [1.29, 1.82) is 0 Å². The predicted octanol–water partition coefficient (Wildman–Crippen LogP) is 0.168. The number of hydrogen-bond acceptors (Lipinski definition) is 9. The lowest BCUT2D eigenvalue weighted by atomic mass is 10.5. The SMILES string of the molecule is CCn1cnnc1CNc1nc(NN)nc(OC(C)C)n1. The molecule has 2 aromatic heterocycles. The van der Waals surface area contributed by atoms with Gasteiger partial charge >= 0.3 is 6.01 Å². The van der Waals surface area contributed by atoms with Gasteiger partial charge in [0.1, 0.15) is 6.33 Å². The number of nitrogen functional groups attached to an aromatic ring is 1. The summed E-state index contributed by atoms with van der Waals surface area (Å²) in [5.74, 6) is 6.69. The van der Waals surface area contributed by atoms with E-state index in [9.17, 15) is 0 Å². The Morgan fingerprint density at radius 1 is 1.29 bits per heavy atom. The molecule has 0 aliphatic rings. The second kappa shape index (κ2) is 6.79. The Balaban J connectivity index is 2.11. The lowest BCUT2D eigenvalue weighted by Gasteiger charge is -2.11. The molecule has 0 saturated carbocycles. The van der Waals surface area contributed by atoms with Crippen molar-refractivity contribution in [2.45, 2.75) is 40.0 Å². The molecule has 0 spiro atoms. The largest absolute Gasteiger partial charge is 0.461 e. The van der Waals surface area contributed by atoms with Crippen molar-refractivity contribution < 1.29 is 4.74 Å². The first-order valence-electron chi connectivity index (χ1n) is 6.62. The van der Waals surface area contributed by atoms with Crippen LogP contribution in [0.4, 0.5) is 11.9 Å². The molecule has 0 bridgehead atoms. The highest BCUT2D eigenvalue weighted by atomic mass is 16.5. The fourth-order valence-electron chi connectivity index (χ4n) is 1.60. The van der Waals surface area contributed by atoms with Crippen molar-refractivity contribution in [2.75, 3.05) is 10.7 Å². The number of aryl methyl sites for hydroxylation is 1. The molecule has 0 fully saturated rings. The number of aromatic nitrogens is 6. The summed E-state index contributed by atoms with van der Waals surface area (Å²) in [6.45, 7) is 7.01. The number of nitrogens with one attached hydrogen (secondary N) is 2. The van der Waals surface area contributed by atoms with Crippen LogP contribution in [0.25, 0.3) is 0 Å². The fraction of sp³-hybridized carbons (Fsp3) is 0.545. The van der Waals surface area contributed by atoms with Crippen LogP contribution in [0.5, 0.6) is 6.01 Å². The van der Waals surface area contributed by atoms with E-state index in [1.54, 1.807) is 6.33 Å². The molecule has 0 radical (unpaired) electrons. The molecular formula is C11H19N9O. The summed E-state index contributed by atoms with van der Waals surface area (Å²) in [4.78, 5) is 12.3. The lowest BCUT2D eigenvalue weighted by Crippen LogP contribution is -2.17. The Hall–Kier alpha value is -2.49. The van der Waals surface area contributed by atoms with E-state index in [2.05, 4.69) is 35.9 Å². The topological polar surface area (TPSA) is 129 Å². The molecule has 2 heterocycles. The second-order valence-corrected chi connectivity index (χ2v) is 4.46. The molecule has 21 heavy (non-hydrogen) atoms. The highest BCUT2D eigenvalue weighted by molar-refractivity contribution is 5.35. The summed E-state index contributed by atoms with van der Waals surface area (Å²) in [6, 6.07) is 0.201. The van der Waals surface area contributed by atoms with Gasteiger partial charge in [-0.2, -0.15) is 15.0 Å². The van der Waals surface area contributed by atoms with Crippen LogP contribution >= 0.6 is 0 Å². The van der Waals surface area contributed by atoms with Crippen molar-refractivity contribution in [3.63, 3.8) is 0 Å². The minimum atomic E-state index is -0.0472. The van der Waals surface area contributed by atoms with Crippen molar-refractivity contribution >= 4 is 11.9 Å². The van der Waals surface area contributed by atoms with Gasteiger partial charge < -0.3 is 14.6 Å². The highest BCUT2D eigenvalue weighted by Crippen LogP contribution is 2.12. The normalized spacial score (nSPS) is 10.7. The van der Waals surface area contributed by atoms with Crippen LogP contribution in [0.2, 0.25) is 0 Å². The van der Waals surface area contributed by atoms with E-state index in [0.29, 0.717) is 12.5 Å². The van der Waals surface area contributed by atoms with E-state index in [4.69, 9.17) is 10.6 Å². The van der Waals surface area contributed by atoms with Gasteiger partial charge in [-0.3, -0.25) is 5.43 Å². The van der Waals surface area contributed by atoms with Crippen LogP contribution in [-0.2, 0) is 13.1 Å². The quantitative estimate of drug-likeness (QED) is 0.483. The van der Waals surface area contributed by atoms with Gasteiger partial charge in [-0.05, 0) is 20.8 Å². The monoisotopic (exact) mass is 293 g/mol. The first kappa shape index (κ1) is 14.9. The molecule has 114 valence electrons. The van der Waals surface area contributed by atoms with Gasteiger partial charge in [-0.15, -0.1) is 10.2 Å². The second-order valence-electron chi connectivity index (χ2n) is 4.46. The molecule has 0 saturated heterocycles. The van der Waals surface area contributed by atoms with Crippen molar-refractivity contribution in [3.05, 3.63) is 12.2 Å². The number of anilines is 2. The number of rotatable bonds is 7. The van der Waals surface area contributed by atoms with Crippen LogP contribution in [0, 0.1) is 0 Å². The summed E-state index contributed by atoms with van der Waals surface area (Å²) in [7, 11) is 0. The van der Waals surface area contributed by atoms with E-state index in [0.717, 1.165) is 12.4 Å². The van der Waals surface area contributed by atoms with E-state index < -0.39 is 0 Å². The molecule has 0 aliphatic heterocycles. The maximum Gasteiger partial charge on any atom is 0.323 e. The van der Waals surface area contributed by atoms with E-state index in [1.807, 2.05) is 25.3 Å². The van der Waals surface area contributed by atoms with Gasteiger partial charge in [0, 0.05) is 6.54 Å². The Kier molecular flexibility index (Phi) is 4.82. The summed E-state index contributed by atoms with van der Waals surface area (Å²) >= 11 is 0. The summed E-state index contributed by atoms with van der Waals surface area (Å²) in [5, 5.41) is 10.9. The van der Waals surface area contributed by atoms with Crippen LogP contribution < -0.4 is 21.3 Å². The van der Waals surface area contributed by atoms with E-state index in [-0.39, 0.29) is 18.1 Å². The van der Waals surface area contributed by atoms with Crippen LogP contribution in [0.3, 0.4) is 0 Å². The first-order valence-corrected chi connectivity index (χ1v) is 6.62. The molecule has 2 aromatic rings. The van der Waals surface area contributed by atoms with Gasteiger partial charge in [0.15, 0.2) is 5.82 Å². The molecule has 0 aliphatic carbocycles. The van der Waals surface area contributed by atoms with E-state index in [1.165, 1.54) is 0 Å². The van der Waals surface area contributed by atoms with Gasteiger partial charge in [-0.1, -0.05) is 0 Å². The fourth-order valence-corrected chi connectivity index (χ4v) is 1.60. The third kappa shape index (κ3) is 3.99. The number of hydrogen-bond donors (Lipinski definition) is 3. The molecule has 10 heteroatoms. The molecule has 0 amide bonds. The minimum Gasteiger partial charge on any atom is -0.461 e. The number of hydrazine groups is 1. The highest BCUT2D eigenvalue weighted by Gasteiger charge is 2.09. The minimum absolute atomic E-state index is 0.0472. The molecular weight excluding hydrogens is 274 g/mol. The third-order valence-corrected chi connectivity index (χ3v) is 2.53. The molecule has 4 N–H and O–H groups in total. The summed E-state index contributed by atoms with van der Waals surface area (Å²) in [5.41, 5.74) is 2.38. The van der Waals surface area contributed by atoms with E-state index >= 15 is 0 Å². The van der Waals surface area contributed by atoms with Crippen LogP contribution in [-0.4, -0.2) is 35.8 Å². The molecule has 0 atom stereocenters. The Bertz CT molecular complexity index is 583. The third-order valence-electron chi connectivity index (χ3n) is 2.53. The molecule has 2 rings (SSSR count). The van der Waals surface area contributed by atoms with Crippen molar-refractivity contribution in [3.8, 4) is 6.01 Å². The standard InChI is InChI=1S/C11H19N9O/c1-4-20-6-14-19-8(20)5-13-9-15-10(18-12)17-11(16-9)21-7(2)3/h6-7H,4-5,12H2,1-3H3,(H2,13,15,16,17,18). The summed E-state index contributed by atoms with van der Waals surface area (Å²) < 4.78 is 7.37. The molecule has 10 nitrogen and oxygen atoms in total. The average Bonchev–Trinajstić information content (AvgIpc) is 2.91. The molecule has 0 aromatic carbocycles. The zero-order valence-electron chi connectivity index (χ0n) is 12.2. The first-order chi connectivity index (χ1) is 10.1. The maximum atomic E-state index is 5.45. The maximum absolute atomic E-state index is 5.45. The van der Waals surface area contributed by atoms with Crippen molar-refractivity contribution in [2.24, 2.45) is 5.84 Å². The average molecular weight is 293 g/mol. The Labute approximate surface area is 122 Å². The lowest BCUT2D eigenvalue weighted by molar-refractivity contribution is 0.222. The number of ether oxygens (including phenoxy) is 1. The predicted molar refractivity (Wildman–Crippen MR) is 76.4 cm³/mol. The van der Waals surface area contributed by atoms with Gasteiger partial charge in [0.25, 0.3) is 0 Å². The Morgan fingerprint density at radius 3 is 2.71 bits per heavy atom. The number of nitrogens with zero attached hydrogens (tertiary/aromatic N) is 6. The smallest absolute Gasteiger partial charge is 0.323 e. The van der Waals surface area contributed by atoms with Gasteiger partial charge in [-0.25, -0.2) is 5.84 Å². The zero-order valence-corrected chi connectivity index (χ0v) is 12.2. The summed E-state index contributed by atoms with van der Waals surface area (Å²) in [6.07, 6.45) is 1.62. The molecule has 0 unspecified atom stereocenters. The van der Waals surface area contributed by atoms with Gasteiger partial charge in [0.05, 0.1) is 12.6 Å². The Morgan fingerprint density at radius 2 is 2.05 bits per heavy atom.